The summed E-state index contributed by atoms with van der Waals surface area (Å²) in [5.74, 6) is -2.76. The number of anilines is 1. The first-order valence-corrected chi connectivity index (χ1v) is 15.7. The average Bonchev–Trinajstić information content (AvgIpc) is 3.56. The summed E-state index contributed by atoms with van der Waals surface area (Å²) in [6, 6.07) is 10.9. The molecule has 1 aliphatic heterocycles. The summed E-state index contributed by atoms with van der Waals surface area (Å²) in [6.45, 7) is 3.26. The molecule has 2 aromatic carbocycles. The second-order valence-corrected chi connectivity index (χ2v) is 11.2. The number of hydrogen-bond donors (Lipinski definition) is 3. The number of rotatable bonds is 13. The van der Waals surface area contributed by atoms with Gasteiger partial charge in [-0.3, -0.25) is 9.35 Å². The van der Waals surface area contributed by atoms with E-state index in [0.29, 0.717) is 10.6 Å². The summed E-state index contributed by atoms with van der Waals surface area (Å²) in [5, 5.41) is 32.0. The molecular formula is C29H26N4O12S2. The molecule has 47 heavy (non-hydrogen) atoms. The van der Waals surface area contributed by atoms with E-state index in [9.17, 15) is 32.5 Å². The molecule has 246 valence electrons. The molecule has 1 aliphatic rings. The molecule has 3 N–H and O–H groups in total. The van der Waals surface area contributed by atoms with Crippen LogP contribution in [0.15, 0.2) is 93.3 Å². The zero-order valence-corrected chi connectivity index (χ0v) is 26.2. The molecule has 2 heterocycles. The number of aromatic nitrogens is 2. The van der Waals surface area contributed by atoms with Crippen LogP contribution in [0, 0.1) is 0 Å². The highest BCUT2D eigenvalue weighted by atomic mass is 32.2. The Hall–Kier alpha value is -5.11. The van der Waals surface area contributed by atoms with Crippen molar-refractivity contribution in [1.29, 1.82) is 0 Å². The average molecular weight is 687 g/mol. The molecule has 18 heteroatoms. The van der Waals surface area contributed by atoms with Gasteiger partial charge < -0.3 is 14.6 Å². The number of nitrogens with zero attached hydrogens (tertiary/aromatic N) is 4. The zero-order chi connectivity index (χ0) is 34.1. The van der Waals surface area contributed by atoms with Crippen LogP contribution in [0.4, 0.5) is 5.69 Å². The zero-order valence-electron chi connectivity index (χ0n) is 24.5. The molecule has 4 rings (SSSR count). The maximum absolute atomic E-state index is 13.2. The lowest BCUT2D eigenvalue weighted by Gasteiger charge is -2.11. The van der Waals surface area contributed by atoms with Gasteiger partial charge in [0.1, 0.15) is 0 Å². The largest absolute Gasteiger partial charge is 0.493 e. The maximum Gasteiger partial charge on any atom is 0.359 e. The predicted octanol–water partition coefficient (Wildman–Crippen LogP) is 3.89. The van der Waals surface area contributed by atoms with Crippen molar-refractivity contribution in [1.82, 2.24) is 9.78 Å². The van der Waals surface area contributed by atoms with E-state index in [-0.39, 0.29) is 47.3 Å². The van der Waals surface area contributed by atoms with Crippen LogP contribution in [0.3, 0.4) is 0 Å². The van der Waals surface area contributed by atoms with Gasteiger partial charge in [0.05, 0.1) is 52.7 Å². The number of allylic oxidation sites excluding steroid dienone is 4. The fourth-order valence-corrected chi connectivity index (χ4v) is 4.86. The van der Waals surface area contributed by atoms with Gasteiger partial charge in [0.2, 0.25) is 5.88 Å². The smallest absolute Gasteiger partial charge is 0.359 e. The quantitative estimate of drug-likeness (QED) is 0.0442. The third kappa shape index (κ3) is 8.19. The third-order valence-corrected chi connectivity index (χ3v) is 7.54. The van der Waals surface area contributed by atoms with E-state index < -0.39 is 32.9 Å². The third-order valence-electron chi connectivity index (χ3n) is 6.08. The molecule has 0 fully saturated rings. The summed E-state index contributed by atoms with van der Waals surface area (Å²) >= 11 is 0.730. The topological polar surface area (TPSA) is 216 Å². The van der Waals surface area contributed by atoms with Crippen LogP contribution < -0.4 is 5.01 Å². The fraction of sp³-hybridized carbons (Fsp3) is 0.138. The van der Waals surface area contributed by atoms with Crippen LogP contribution in [-0.2, 0) is 38.6 Å². The van der Waals surface area contributed by atoms with Gasteiger partial charge in [-0.15, -0.1) is 4.33 Å². The number of hydrazone groups is 1. The van der Waals surface area contributed by atoms with Crippen molar-refractivity contribution >= 4 is 57.5 Å². The van der Waals surface area contributed by atoms with Gasteiger partial charge in [-0.25, -0.2) is 14.8 Å². The Bertz CT molecular complexity index is 1880. The van der Waals surface area contributed by atoms with E-state index in [0.717, 1.165) is 33.9 Å². The number of hydrogen-bond acceptors (Lipinski definition) is 14. The van der Waals surface area contributed by atoms with Gasteiger partial charge in [-0.1, -0.05) is 23.3 Å². The van der Waals surface area contributed by atoms with Gasteiger partial charge in [-0.2, -0.15) is 28.3 Å². The first-order valence-electron chi connectivity index (χ1n) is 13.5. The number of ether oxygens (including phenoxy) is 2. The number of carbonyl (C=O) groups excluding carboxylic acids is 3. The number of esters is 2. The van der Waals surface area contributed by atoms with Gasteiger partial charge in [0.15, 0.2) is 11.4 Å². The molecule has 1 amide bonds. The SMILES string of the molecule is CCOC(=O)C1=NN(c2ccc(S(=O)(=O)O)cc2)C(=O)/C1=C/C=C/C=C/c1c(C(=O)OCC)nn(-c2ccc(SOOO)cc2)c1O. The van der Waals surface area contributed by atoms with E-state index in [2.05, 4.69) is 19.6 Å². The van der Waals surface area contributed by atoms with Crippen molar-refractivity contribution in [2.75, 3.05) is 18.2 Å². The molecule has 0 aliphatic carbocycles. The lowest BCUT2D eigenvalue weighted by Crippen LogP contribution is -2.22. The minimum atomic E-state index is -4.47. The Morgan fingerprint density at radius 1 is 0.936 bits per heavy atom. The van der Waals surface area contributed by atoms with Crippen LogP contribution in [0.25, 0.3) is 11.8 Å². The summed E-state index contributed by atoms with van der Waals surface area (Å²) in [6.07, 6.45) is 6.99. The summed E-state index contributed by atoms with van der Waals surface area (Å²) in [7, 11) is -4.47. The maximum atomic E-state index is 13.2. The lowest BCUT2D eigenvalue weighted by atomic mass is 10.1. The Labute approximate surface area is 271 Å². The normalized spacial score (nSPS) is 14.4. The Morgan fingerprint density at radius 2 is 1.57 bits per heavy atom. The highest BCUT2D eigenvalue weighted by molar-refractivity contribution is 7.94. The summed E-state index contributed by atoms with van der Waals surface area (Å²) < 4.78 is 47.6. The fourth-order valence-electron chi connectivity index (χ4n) is 4.02. The van der Waals surface area contributed by atoms with Gasteiger partial charge in [0, 0.05) is 4.90 Å². The molecule has 3 aromatic rings. The van der Waals surface area contributed by atoms with Crippen molar-refractivity contribution in [2.24, 2.45) is 5.10 Å². The van der Waals surface area contributed by atoms with E-state index in [1.54, 1.807) is 38.1 Å². The van der Waals surface area contributed by atoms with Crippen LogP contribution >= 0.6 is 12.0 Å². The second kappa shape index (κ2) is 15.5. The molecule has 0 saturated carbocycles. The Morgan fingerprint density at radius 3 is 2.19 bits per heavy atom. The monoisotopic (exact) mass is 686 g/mol. The molecule has 0 spiro atoms. The van der Waals surface area contributed by atoms with Gasteiger partial charge >= 0.3 is 11.9 Å². The van der Waals surface area contributed by atoms with E-state index in [1.807, 2.05) is 0 Å². The van der Waals surface area contributed by atoms with Crippen molar-refractivity contribution in [3.63, 3.8) is 0 Å². The van der Waals surface area contributed by atoms with Gasteiger partial charge in [-0.05, 0) is 74.5 Å². The number of aromatic hydroxyl groups is 1. The molecule has 1 aromatic heterocycles. The Balaban J connectivity index is 1.61. The number of carbonyl (C=O) groups is 3. The molecule has 0 atom stereocenters. The first kappa shape index (κ1) is 34.8. The Kier molecular flexibility index (Phi) is 11.4. The van der Waals surface area contributed by atoms with Crippen LogP contribution in [0.5, 0.6) is 5.88 Å². The van der Waals surface area contributed by atoms with Crippen molar-refractivity contribution in [2.45, 2.75) is 23.6 Å². The van der Waals surface area contributed by atoms with Crippen molar-refractivity contribution < 1.29 is 56.6 Å². The minimum Gasteiger partial charge on any atom is -0.493 e. The van der Waals surface area contributed by atoms with Crippen LogP contribution in [0.2, 0.25) is 0 Å². The molecule has 0 radical (unpaired) electrons. The minimum absolute atomic E-state index is 0.0110. The number of amides is 1. The predicted molar refractivity (Wildman–Crippen MR) is 166 cm³/mol. The van der Waals surface area contributed by atoms with E-state index in [4.69, 9.17) is 14.7 Å². The number of benzene rings is 2. The molecule has 0 unspecified atom stereocenters. The van der Waals surface area contributed by atoms with Crippen molar-refractivity contribution in [3.05, 3.63) is 89.7 Å². The van der Waals surface area contributed by atoms with Crippen LogP contribution in [-0.4, -0.2) is 69.9 Å². The van der Waals surface area contributed by atoms with Crippen LogP contribution in [0.1, 0.15) is 29.9 Å². The highest BCUT2D eigenvalue weighted by Gasteiger charge is 2.35. The van der Waals surface area contributed by atoms with Gasteiger partial charge in [0.25, 0.3) is 16.0 Å². The van der Waals surface area contributed by atoms with Crippen molar-refractivity contribution in [3.8, 4) is 11.6 Å². The summed E-state index contributed by atoms with van der Waals surface area (Å²) in [5.41, 5.74) is -0.0796. The highest BCUT2D eigenvalue weighted by Crippen LogP contribution is 2.29. The molecule has 16 nitrogen and oxygen atoms in total. The standard InChI is InChI=1S/C29H26N4O12S2/c1-3-42-28(36)24-22(26(34)32(30-24)18-10-14-20(15-11-18)46-45-44-38)8-6-5-7-9-23-25(29(37)43-4-2)31-33(27(23)35)19-12-16-21(17-13-19)47(39,40)41/h5-17,34,38H,3-4H2,1-2H3,(H,39,40,41)/b7-5+,8-6+,23-9+. The molecular weight excluding hydrogens is 660 g/mol. The molecule has 0 bridgehead atoms. The van der Waals surface area contributed by atoms with E-state index >= 15 is 0 Å². The van der Waals surface area contributed by atoms with E-state index in [1.165, 1.54) is 42.5 Å². The molecule has 0 saturated heterocycles. The summed E-state index contributed by atoms with van der Waals surface area (Å²) in [4.78, 5) is 38.6. The lowest BCUT2D eigenvalue weighted by molar-refractivity contribution is -0.432. The second-order valence-electron chi connectivity index (χ2n) is 9.02. The first-order chi connectivity index (χ1) is 22.5.